The lowest BCUT2D eigenvalue weighted by Gasteiger charge is -2.21. The van der Waals surface area contributed by atoms with E-state index in [4.69, 9.17) is 14.2 Å². The standard InChI is InChI=1S/C13H17N3O3/c1-17-11-5-8-9(6-12(11)18-2)16-13(15-8)10-7-19-4-3-14-10/h5-6,10,14H,3-4,7H2,1-2H3,(H,15,16). The van der Waals surface area contributed by atoms with E-state index in [2.05, 4.69) is 15.3 Å². The van der Waals surface area contributed by atoms with Crippen LogP contribution >= 0.6 is 0 Å². The van der Waals surface area contributed by atoms with Gasteiger partial charge in [-0.15, -0.1) is 0 Å². The van der Waals surface area contributed by atoms with Gasteiger partial charge in [0.1, 0.15) is 5.82 Å². The van der Waals surface area contributed by atoms with Gasteiger partial charge in [-0.05, 0) is 0 Å². The van der Waals surface area contributed by atoms with Gasteiger partial charge in [-0.1, -0.05) is 0 Å². The molecule has 102 valence electrons. The Kier molecular flexibility index (Phi) is 3.27. The first kappa shape index (κ1) is 12.3. The summed E-state index contributed by atoms with van der Waals surface area (Å²) in [5.41, 5.74) is 1.79. The second kappa shape index (κ2) is 5.07. The van der Waals surface area contributed by atoms with Crippen molar-refractivity contribution in [1.82, 2.24) is 15.3 Å². The third kappa shape index (κ3) is 2.24. The van der Waals surface area contributed by atoms with Crippen molar-refractivity contribution >= 4 is 11.0 Å². The van der Waals surface area contributed by atoms with Gasteiger partial charge in [0.15, 0.2) is 11.5 Å². The number of nitrogens with zero attached hydrogens (tertiary/aromatic N) is 1. The summed E-state index contributed by atoms with van der Waals surface area (Å²) in [6.45, 7) is 2.22. The highest BCUT2D eigenvalue weighted by atomic mass is 16.5. The molecule has 0 radical (unpaired) electrons. The smallest absolute Gasteiger partial charge is 0.163 e. The van der Waals surface area contributed by atoms with Gasteiger partial charge in [0, 0.05) is 18.7 Å². The third-order valence-electron chi connectivity index (χ3n) is 3.26. The summed E-state index contributed by atoms with van der Waals surface area (Å²) in [4.78, 5) is 7.89. The minimum absolute atomic E-state index is 0.109. The highest BCUT2D eigenvalue weighted by molar-refractivity contribution is 5.79. The van der Waals surface area contributed by atoms with Crippen LogP contribution in [0.5, 0.6) is 11.5 Å². The van der Waals surface area contributed by atoms with Crippen molar-refractivity contribution in [2.24, 2.45) is 0 Å². The van der Waals surface area contributed by atoms with Crippen LogP contribution in [0.3, 0.4) is 0 Å². The van der Waals surface area contributed by atoms with Crippen molar-refractivity contribution < 1.29 is 14.2 Å². The number of morpholine rings is 1. The summed E-state index contributed by atoms with van der Waals surface area (Å²) in [5.74, 6) is 2.25. The molecule has 6 nitrogen and oxygen atoms in total. The fourth-order valence-corrected chi connectivity index (χ4v) is 2.26. The molecule has 2 N–H and O–H groups in total. The quantitative estimate of drug-likeness (QED) is 0.872. The van der Waals surface area contributed by atoms with Crippen molar-refractivity contribution in [1.29, 1.82) is 0 Å². The largest absolute Gasteiger partial charge is 0.493 e. The lowest BCUT2D eigenvalue weighted by molar-refractivity contribution is 0.0746. The number of imidazole rings is 1. The van der Waals surface area contributed by atoms with E-state index in [9.17, 15) is 0 Å². The minimum atomic E-state index is 0.109. The number of hydrogen-bond acceptors (Lipinski definition) is 5. The summed E-state index contributed by atoms with van der Waals surface area (Å²) in [6.07, 6.45) is 0. The van der Waals surface area contributed by atoms with Crippen molar-refractivity contribution in [3.05, 3.63) is 18.0 Å². The molecule has 1 aromatic heterocycles. The van der Waals surface area contributed by atoms with E-state index >= 15 is 0 Å². The van der Waals surface area contributed by atoms with E-state index in [-0.39, 0.29) is 6.04 Å². The molecule has 1 aliphatic rings. The van der Waals surface area contributed by atoms with E-state index in [0.29, 0.717) is 18.1 Å². The lowest BCUT2D eigenvalue weighted by Crippen LogP contribution is -2.35. The van der Waals surface area contributed by atoms with Crippen LogP contribution in [0.1, 0.15) is 11.9 Å². The highest BCUT2D eigenvalue weighted by Gasteiger charge is 2.19. The molecule has 1 fully saturated rings. The van der Waals surface area contributed by atoms with Crippen LogP contribution in [-0.4, -0.2) is 43.9 Å². The van der Waals surface area contributed by atoms with Crippen LogP contribution in [0.2, 0.25) is 0 Å². The predicted octanol–water partition coefficient (Wildman–Crippen LogP) is 1.24. The molecule has 1 aromatic carbocycles. The van der Waals surface area contributed by atoms with E-state index in [1.165, 1.54) is 0 Å². The number of aromatic amines is 1. The Bertz CT molecular complexity index is 535. The first-order valence-corrected chi connectivity index (χ1v) is 6.24. The molecule has 6 heteroatoms. The fraction of sp³-hybridized carbons (Fsp3) is 0.462. The summed E-state index contributed by atoms with van der Waals surface area (Å²) in [5, 5.41) is 3.37. The zero-order valence-electron chi connectivity index (χ0n) is 11.0. The Balaban J connectivity index is 1.99. The molecule has 1 atom stereocenters. The zero-order valence-corrected chi connectivity index (χ0v) is 11.0. The van der Waals surface area contributed by atoms with Gasteiger partial charge in [0.2, 0.25) is 0 Å². The molecule has 1 aliphatic heterocycles. The normalized spacial score (nSPS) is 19.6. The van der Waals surface area contributed by atoms with E-state index in [1.54, 1.807) is 14.2 Å². The zero-order chi connectivity index (χ0) is 13.2. The Labute approximate surface area is 111 Å². The summed E-state index contributed by atoms with van der Waals surface area (Å²) >= 11 is 0. The number of hydrogen-bond donors (Lipinski definition) is 2. The second-order valence-electron chi connectivity index (χ2n) is 4.43. The van der Waals surface area contributed by atoms with Crippen molar-refractivity contribution in [3.8, 4) is 11.5 Å². The molecule has 1 saturated heterocycles. The molecular weight excluding hydrogens is 246 g/mol. The van der Waals surface area contributed by atoms with Crippen LogP contribution in [0.15, 0.2) is 12.1 Å². The molecule has 2 aromatic rings. The van der Waals surface area contributed by atoms with E-state index in [1.807, 2.05) is 12.1 Å². The van der Waals surface area contributed by atoms with E-state index in [0.717, 1.165) is 30.0 Å². The van der Waals surface area contributed by atoms with Crippen LogP contribution < -0.4 is 14.8 Å². The van der Waals surface area contributed by atoms with Crippen LogP contribution in [0, 0.1) is 0 Å². The first-order chi connectivity index (χ1) is 9.31. The van der Waals surface area contributed by atoms with E-state index < -0.39 is 0 Å². The number of H-pyrrole nitrogens is 1. The molecular formula is C13H17N3O3. The molecule has 1 unspecified atom stereocenters. The van der Waals surface area contributed by atoms with Gasteiger partial charge in [0.25, 0.3) is 0 Å². The molecule has 3 rings (SSSR count). The molecule has 0 bridgehead atoms. The molecule has 19 heavy (non-hydrogen) atoms. The summed E-state index contributed by atoms with van der Waals surface area (Å²) in [7, 11) is 3.24. The van der Waals surface area contributed by atoms with Gasteiger partial charge in [-0.2, -0.15) is 0 Å². The minimum Gasteiger partial charge on any atom is -0.493 e. The van der Waals surface area contributed by atoms with Gasteiger partial charge in [0.05, 0.1) is 44.5 Å². The molecule has 0 aliphatic carbocycles. The Hall–Kier alpha value is -1.79. The third-order valence-corrected chi connectivity index (χ3v) is 3.26. The monoisotopic (exact) mass is 263 g/mol. The number of benzene rings is 1. The summed E-state index contributed by atoms with van der Waals surface area (Å²) in [6, 6.07) is 3.88. The number of rotatable bonds is 3. The van der Waals surface area contributed by atoms with Crippen molar-refractivity contribution in [2.45, 2.75) is 6.04 Å². The number of aromatic nitrogens is 2. The number of methoxy groups -OCH3 is 2. The maximum Gasteiger partial charge on any atom is 0.163 e. The Morgan fingerprint density at radius 2 is 2.05 bits per heavy atom. The predicted molar refractivity (Wildman–Crippen MR) is 70.8 cm³/mol. The van der Waals surface area contributed by atoms with Crippen LogP contribution in [-0.2, 0) is 4.74 Å². The topological polar surface area (TPSA) is 68.4 Å². The number of nitrogens with one attached hydrogen (secondary N) is 2. The molecule has 0 saturated carbocycles. The number of ether oxygens (including phenoxy) is 3. The molecule has 2 heterocycles. The fourth-order valence-electron chi connectivity index (χ4n) is 2.26. The van der Waals surface area contributed by atoms with Crippen molar-refractivity contribution in [3.63, 3.8) is 0 Å². The van der Waals surface area contributed by atoms with Gasteiger partial charge in [-0.3, -0.25) is 0 Å². The Morgan fingerprint density at radius 1 is 1.26 bits per heavy atom. The average molecular weight is 263 g/mol. The SMILES string of the molecule is COc1cc2nc(C3COCCN3)[nH]c2cc1OC. The first-order valence-electron chi connectivity index (χ1n) is 6.24. The van der Waals surface area contributed by atoms with Crippen LogP contribution in [0.4, 0.5) is 0 Å². The lowest BCUT2D eigenvalue weighted by atomic mass is 10.2. The number of fused-ring (bicyclic) bond motifs is 1. The maximum absolute atomic E-state index is 5.45. The van der Waals surface area contributed by atoms with Gasteiger partial charge in [-0.25, -0.2) is 4.98 Å². The molecule has 0 amide bonds. The summed E-state index contributed by atoms with van der Waals surface area (Å²) < 4.78 is 16.0. The molecule has 0 spiro atoms. The van der Waals surface area contributed by atoms with Gasteiger partial charge >= 0.3 is 0 Å². The maximum atomic E-state index is 5.45. The van der Waals surface area contributed by atoms with Crippen molar-refractivity contribution in [2.75, 3.05) is 34.0 Å². The van der Waals surface area contributed by atoms with Crippen LogP contribution in [0.25, 0.3) is 11.0 Å². The second-order valence-corrected chi connectivity index (χ2v) is 4.43. The van der Waals surface area contributed by atoms with Gasteiger partial charge < -0.3 is 24.5 Å². The Morgan fingerprint density at radius 3 is 2.74 bits per heavy atom. The highest BCUT2D eigenvalue weighted by Crippen LogP contribution is 2.31. The average Bonchev–Trinajstić information content (AvgIpc) is 2.89.